The van der Waals surface area contributed by atoms with Gasteiger partial charge in [0, 0.05) is 6.42 Å². The molecule has 0 radical (unpaired) electrons. The van der Waals surface area contributed by atoms with Crippen LogP contribution in [0.5, 0.6) is 0 Å². The van der Waals surface area contributed by atoms with Gasteiger partial charge in [0.1, 0.15) is 0 Å². The van der Waals surface area contributed by atoms with Crippen molar-refractivity contribution < 1.29 is 14.6 Å². The number of rotatable bonds is 0. The fourth-order valence-electron chi connectivity index (χ4n) is 1.72. The summed E-state index contributed by atoms with van der Waals surface area (Å²) in [5.41, 5.74) is 0. The summed E-state index contributed by atoms with van der Waals surface area (Å²) >= 11 is 0. The molecule has 1 N–H and O–H groups in total. The molecule has 0 bridgehead atoms. The van der Waals surface area contributed by atoms with Crippen LogP contribution in [0, 0.1) is 0 Å². The number of aliphatic hydroxyl groups is 1. The maximum absolute atomic E-state index is 11.1. The predicted molar refractivity (Wildman–Crippen MR) is 53.9 cm³/mol. The van der Waals surface area contributed by atoms with Crippen LogP contribution in [0.4, 0.5) is 0 Å². The second-order valence-electron chi connectivity index (χ2n) is 3.97. The maximum atomic E-state index is 11.1. The van der Waals surface area contributed by atoms with Gasteiger partial charge in [-0.25, -0.2) is 0 Å². The van der Waals surface area contributed by atoms with Gasteiger partial charge in [-0.2, -0.15) is 0 Å². The van der Waals surface area contributed by atoms with Crippen molar-refractivity contribution >= 4 is 5.97 Å². The van der Waals surface area contributed by atoms with Crippen LogP contribution >= 0.6 is 0 Å². The van der Waals surface area contributed by atoms with E-state index in [1.807, 2.05) is 0 Å². The lowest BCUT2D eigenvalue weighted by atomic mass is 10.0. The number of carbonyl (C=O) groups excluding carboxylic acids is 1. The summed E-state index contributed by atoms with van der Waals surface area (Å²) in [6, 6.07) is 0. The molecule has 14 heavy (non-hydrogen) atoms. The molecule has 1 atom stereocenters. The SMILES string of the molecule is O=C1CCCCCCC(O)CCCO1. The third-order valence-corrected chi connectivity index (χ3v) is 2.61. The Balaban J connectivity index is 2.23. The van der Waals surface area contributed by atoms with Crippen LogP contribution in [0.3, 0.4) is 0 Å². The van der Waals surface area contributed by atoms with Gasteiger partial charge in [0.25, 0.3) is 0 Å². The van der Waals surface area contributed by atoms with E-state index < -0.39 is 0 Å². The molecule has 0 aromatic carbocycles. The van der Waals surface area contributed by atoms with E-state index >= 15 is 0 Å². The summed E-state index contributed by atoms with van der Waals surface area (Å²) in [6.45, 7) is 0.468. The van der Waals surface area contributed by atoms with E-state index in [1.54, 1.807) is 0 Å². The highest BCUT2D eigenvalue weighted by Gasteiger charge is 2.07. The molecular formula is C11H20O3. The quantitative estimate of drug-likeness (QED) is 0.608. The van der Waals surface area contributed by atoms with E-state index in [4.69, 9.17) is 4.74 Å². The van der Waals surface area contributed by atoms with Gasteiger partial charge in [-0.1, -0.05) is 19.3 Å². The van der Waals surface area contributed by atoms with Gasteiger partial charge >= 0.3 is 5.97 Å². The molecule has 0 saturated carbocycles. The van der Waals surface area contributed by atoms with Crippen LogP contribution < -0.4 is 0 Å². The summed E-state index contributed by atoms with van der Waals surface area (Å²) in [5, 5.41) is 9.52. The highest BCUT2D eigenvalue weighted by atomic mass is 16.5. The largest absolute Gasteiger partial charge is 0.466 e. The molecule has 1 unspecified atom stereocenters. The lowest BCUT2D eigenvalue weighted by Crippen LogP contribution is -2.11. The first-order valence-corrected chi connectivity index (χ1v) is 5.63. The number of ether oxygens (including phenoxy) is 1. The summed E-state index contributed by atoms with van der Waals surface area (Å²) < 4.78 is 5.01. The second kappa shape index (κ2) is 6.82. The number of esters is 1. The minimum absolute atomic E-state index is 0.0833. The molecule has 1 rings (SSSR count). The normalized spacial score (nSPS) is 27.2. The van der Waals surface area contributed by atoms with Gasteiger partial charge in [0.2, 0.25) is 0 Å². The highest BCUT2D eigenvalue weighted by molar-refractivity contribution is 5.69. The number of hydrogen-bond acceptors (Lipinski definition) is 3. The summed E-state index contributed by atoms with van der Waals surface area (Å²) in [4.78, 5) is 11.1. The highest BCUT2D eigenvalue weighted by Crippen LogP contribution is 2.12. The Labute approximate surface area is 85.5 Å². The van der Waals surface area contributed by atoms with Crippen molar-refractivity contribution in [3.63, 3.8) is 0 Å². The third kappa shape index (κ3) is 5.22. The molecule has 3 nitrogen and oxygen atoms in total. The van der Waals surface area contributed by atoms with Gasteiger partial charge in [-0.15, -0.1) is 0 Å². The second-order valence-corrected chi connectivity index (χ2v) is 3.97. The number of aliphatic hydroxyl groups excluding tert-OH is 1. The summed E-state index contributed by atoms with van der Waals surface area (Å²) in [5.74, 6) is -0.0833. The van der Waals surface area contributed by atoms with Gasteiger partial charge in [-0.3, -0.25) is 4.79 Å². The lowest BCUT2D eigenvalue weighted by molar-refractivity contribution is -0.144. The predicted octanol–water partition coefficient (Wildman–Crippen LogP) is 2.02. The molecule has 0 aromatic rings. The van der Waals surface area contributed by atoms with Crippen molar-refractivity contribution in [1.82, 2.24) is 0 Å². The fraction of sp³-hybridized carbons (Fsp3) is 0.909. The Morgan fingerprint density at radius 1 is 1.07 bits per heavy atom. The average molecular weight is 200 g/mol. The van der Waals surface area contributed by atoms with Crippen molar-refractivity contribution in [3.8, 4) is 0 Å². The van der Waals surface area contributed by atoms with Crippen LogP contribution in [0.25, 0.3) is 0 Å². The van der Waals surface area contributed by atoms with Crippen molar-refractivity contribution in [3.05, 3.63) is 0 Å². The van der Waals surface area contributed by atoms with Crippen LogP contribution in [0.1, 0.15) is 51.4 Å². The minimum atomic E-state index is -0.201. The summed E-state index contributed by atoms with van der Waals surface area (Å²) in [7, 11) is 0. The molecule has 82 valence electrons. The van der Waals surface area contributed by atoms with Crippen molar-refractivity contribution in [1.29, 1.82) is 0 Å². The zero-order valence-electron chi connectivity index (χ0n) is 8.71. The fourth-order valence-corrected chi connectivity index (χ4v) is 1.72. The number of cyclic esters (lactones) is 1. The van der Waals surface area contributed by atoms with Gasteiger partial charge < -0.3 is 9.84 Å². The van der Waals surface area contributed by atoms with E-state index in [9.17, 15) is 9.90 Å². The first-order valence-electron chi connectivity index (χ1n) is 5.63. The van der Waals surface area contributed by atoms with Crippen molar-refractivity contribution in [2.24, 2.45) is 0 Å². The Bertz CT molecular complexity index is 168. The van der Waals surface area contributed by atoms with Gasteiger partial charge in [0.05, 0.1) is 12.7 Å². The van der Waals surface area contributed by atoms with Crippen LogP contribution in [0.15, 0.2) is 0 Å². The Kier molecular flexibility index (Phi) is 5.60. The average Bonchev–Trinajstić information content (AvgIpc) is 2.16. The van der Waals surface area contributed by atoms with Crippen LogP contribution in [-0.2, 0) is 9.53 Å². The van der Waals surface area contributed by atoms with E-state index in [0.29, 0.717) is 13.0 Å². The standard InChI is InChI=1S/C11H20O3/c12-10-6-3-1-2-4-8-11(13)14-9-5-7-10/h10,12H,1-9H2. The molecule has 1 aliphatic heterocycles. The molecule has 1 fully saturated rings. The van der Waals surface area contributed by atoms with E-state index in [0.717, 1.165) is 44.9 Å². The molecule has 3 heteroatoms. The van der Waals surface area contributed by atoms with E-state index in [-0.39, 0.29) is 12.1 Å². The zero-order valence-corrected chi connectivity index (χ0v) is 8.71. The molecule has 0 amide bonds. The third-order valence-electron chi connectivity index (χ3n) is 2.61. The van der Waals surface area contributed by atoms with Crippen molar-refractivity contribution in [2.45, 2.75) is 57.5 Å². The first kappa shape index (κ1) is 11.5. The topological polar surface area (TPSA) is 46.5 Å². The smallest absolute Gasteiger partial charge is 0.305 e. The van der Waals surface area contributed by atoms with Gasteiger partial charge in [0.15, 0.2) is 0 Å². The first-order chi connectivity index (χ1) is 6.79. The van der Waals surface area contributed by atoms with Gasteiger partial charge in [-0.05, 0) is 25.7 Å². The number of carbonyl (C=O) groups is 1. The zero-order chi connectivity index (χ0) is 10.2. The summed E-state index contributed by atoms with van der Waals surface area (Å²) in [6.07, 6.45) is 6.99. The Hall–Kier alpha value is -0.570. The Morgan fingerprint density at radius 3 is 2.64 bits per heavy atom. The maximum Gasteiger partial charge on any atom is 0.305 e. The molecule has 1 aliphatic rings. The molecule has 1 heterocycles. The van der Waals surface area contributed by atoms with E-state index in [1.165, 1.54) is 0 Å². The molecule has 0 spiro atoms. The lowest BCUT2D eigenvalue weighted by Gasteiger charge is -2.12. The molecular weight excluding hydrogens is 180 g/mol. The van der Waals surface area contributed by atoms with Crippen molar-refractivity contribution in [2.75, 3.05) is 6.61 Å². The van der Waals surface area contributed by atoms with E-state index in [2.05, 4.69) is 0 Å². The molecule has 0 aliphatic carbocycles. The molecule has 0 aromatic heterocycles. The van der Waals surface area contributed by atoms with Crippen LogP contribution in [0.2, 0.25) is 0 Å². The number of hydrogen-bond donors (Lipinski definition) is 1. The van der Waals surface area contributed by atoms with Crippen LogP contribution in [-0.4, -0.2) is 23.8 Å². The Morgan fingerprint density at radius 2 is 1.79 bits per heavy atom. The monoisotopic (exact) mass is 200 g/mol. The minimum Gasteiger partial charge on any atom is -0.466 e. The molecule has 1 saturated heterocycles.